The van der Waals surface area contributed by atoms with E-state index >= 15 is 0 Å². The van der Waals surface area contributed by atoms with Gasteiger partial charge in [0, 0.05) is 24.1 Å². The van der Waals surface area contributed by atoms with Gasteiger partial charge in [0.05, 0.1) is 17.6 Å². The second-order valence-corrected chi connectivity index (χ2v) is 5.70. The standard InChI is InChI=1S/C18H15N5O2/c1-11-14-8-13(10-19-17(14)23(2)21-11)20-18(24)15-9-16(25-22-15)12-6-4-3-5-7-12/h3-10H,1-2H3,(H,20,24). The number of fused-ring (bicyclic) bond motifs is 1. The van der Waals surface area contributed by atoms with Crippen LogP contribution in [0.1, 0.15) is 16.2 Å². The van der Waals surface area contributed by atoms with Gasteiger partial charge in [-0.25, -0.2) is 4.98 Å². The van der Waals surface area contributed by atoms with Gasteiger partial charge in [-0.3, -0.25) is 9.48 Å². The molecule has 0 radical (unpaired) electrons. The number of nitrogens with zero attached hydrogens (tertiary/aromatic N) is 4. The van der Waals surface area contributed by atoms with Crippen molar-refractivity contribution >= 4 is 22.6 Å². The molecule has 4 rings (SSSR count). The molecule has 0 bridgehead atoms. The number of aryl methyl sites for hydroxylation is 2. The topological polar surface area (TPSA) is 85.8 Å². The molecule has 0 atom stereocenters. The summed E-state index contributed by atoms with van der Waals surface area (Å²) in [6.07, 6.45) is 1.60. The Morgan fingerprint density at radius 2 is 2.00 bits per heavy atom. The molecule has 0 fully saturated rings. The summed E-state index contributed by atoms with van der Waals surface area (Å²) in [6, 6.07) is 13.0. The number of pyridine rings is 1. The molecule has 0 spiro atoms. The highest BCUT2D eigenvalue weighted by atomic mass is 16.5. The average Bonchev–Trinajstić information content (AvgIpc) is 3.22. The van der Waals surface area contributed by atoms with Crippen molar-refractivity contribution in [3.63, 3.8) is 0 Å². The first kappa shape index (κ1) is 15.1. The fourth-order valence-electron chi connectivity index (χ4n) is 2.69. The highest BCUT2D eigenvalue weighted by molar-refractivity contribution is 6.04. The highest BCUT2D eigenvalue weighted by Crippen LogP contribution is 2.22. The zero-order valence-electron chi connectivity index (χ0n) is 13.7. The lowest BCUT2D eigenvalue weighted by molar-refractivity contribution is 0.101. The van der Waals surface area contributed by atoms with Crippen molar-refractivity contribution in [2.75, 3.05) is 5.32 Å². The van der Waals surface area contributed by atoms with E-state index in [1.54, 1.807) is 16.9 Å². The van der Waals surface area contributed by atoms with E-state index in [2.05, 4.69) is 20.6 Å². The van der Waals surface area contributed by atoms with E-state index in [1.165, 1.54) is 0 Å². The van der Waals surface area contributed by atoms with Crippen molar-refractivity contribution in [1.82, 2.24) is 19.9 Å². The lowest BCUT2D eigenvalue weighted by Gasteiger charge is -2.02. The monoisotopic (exact) mass is 333 g/mol. The van der Waals surface area contributed by atoms with E-state index in [0.29, 0.717) is 11.4 Å². The van der Waals surface area contributed by atoms with E-state index in [9.17, 15) is 4.79 Å². The van der Waals surface area contributed by atoms with Crippen LogP contribution in [-0.2, 0) is 7.05 Å². The first-order chi connectivity index (χ1) is 12.1. The Morgan fingerprint density at radius 1 is 1.20 bits per heavy atom. The molecular formula is C18H15N5O2. The minimum Gasteiger partial charge on any atom is -0.355 e. The molecule has 0 aliphatic heterocycles. The fraction of sp³-hybridized carbons (Fsp3) is 0.111. The van der Waals surface area contributed by atoms with Gasteiger partial charge < -0.3 is 9.84 Å². The largest absolute Gasteiger partial charge is 0.355 e. The Labute approximate surface area is 143 Å². The molecule has 3 aromatic heterocycles. The Hall–Kier alpha value is -3.48. The molecule has 3 heterocycles. The number of amides is 1. The number of hydrogen-bond donors (Lipinski definition) is 1. The molecule has 0 unspecified atom stereocenters. The van der Waals surface area contributed by atoms with Gasteiger partial charge in [-0.2, -0.15) is 5.10 Å². The number of nitrogens with one attached hydrogen (secondary N) is 1. The van der Waals surface area contributed by atoms with Crippen molar-refractivity contribution in [2.45, 2.75) is 6.92 Å². The molecule has 1 N–H and O–H groups in total. The molecule has 0 saturated heterocycles. The molecule has 1 amide bonds. The molecule has 4 aromatic rings. The van der Waals surface area contributed by atoms with Crippen LogP contribution in [0.2, 0.25) is 0 Å². The van der Waals surface area contributed by atoms with Crippen molar-refractivity contribution < 1.29 is 9.32 Å². The van der Waals surface area contributed by atoms with E-state index in [0.717, 1.165) is 22.3 Å². The van der Waals surface area contributed by atoms with Crippen LogP contribution in [0.25, 0.3) is 22.4 Å². The molecule has 1 aromatic carbocycles. The molecule has 0 aliphatic carbocycles. The second-order valence-electron chi connectivity index (χ2n) is 5.70. The Kier molecular flexibility index (Phi) is 3.53. The maximum absolute atomic E-state index is 12.4. The second kappa shape index (κ2) is 5.86. The van der Waals surface area contributed by atoms with E-state index in [1.807, 2.05) is 50.4 Å². The lowest BCUT2D eigenvalue weighted by Crippen LogP contribution is -2.12. The van der Waals surface area contributed by atoms with Gasteiger partial charge >= 0.3 is 0 Å². The van der Waals surface area contributed by atoms with E-state index < -0.39 is 0 Å². The van der Waals surface area contributed by atoms with Crippen LogP contribution in [0, 0.1) is 6.92 Å². The number of carbonyl (C=O) groups excluding carboxylic acids is 1. The maximum atomic E-state index is 12.4. The number of carbonyl (C=O) groups is 1. The minimum absolute atomic E-state index is 0.210. The smallest absolute Gasteiger partial charge is 0.277 e. The van der Waals surface area contributed by atoms with Gasteiger partial charge in [0.1, 0.15) is 0 Å². The van der Waals surface area contributed by atoms with Crippen LogP contribution in [0.5, 0.6) is 0 Å². The van der Waals surface area contributed by atoms with Gasteiger partial charge in [0.25, 0.3) is 5.91 Å². The van der Waals surface area contributed by atoms with E-state index in [-0.39, 0.29) is 11.6 Å². The fourth-order valence-corrected chi connectivity index (χ4v) is 2.69. The molecule has 124 valence electrons. The predicted octanol–water partition coefficient (Wildman–Crippen LogP) is 3.18. The molecule has 0 saturated carbocycles. The van der Waals surface area contributed by atoms with Gasteiger partial charge in [0.2, 0.25) is 0 Å². The van der Waals surface area contributed by atoms with Gasteiger partial charge in [-0.15, -0.1) is 0 Å². The van der Waals surface area contributed by atoms with Crippen LogP contribution in [0.3, 0.4) is 0 Å². The molecule has 7 heteroatoms. The van der Waals surface area contributed by atoms with Crippen molar-refractivity contribution in [3.8, 4) is 11.3 Å². The van der Waals surface area contributed by atoms with Crippen LogP contribution < -0.4 is 5.32 Å². The van der Waals surface area contributed by atoms with Gasteiger partial charge in [0.15, 0.2) is 17.1 Å². The van der Waals surface area contributed by atoms with Crippen molar-refractivity contribution in [3.05, 3.63) is 60.0 Å². The summed E-state index contributed by atoms with van der Waals surface area (Å²) in [7, 11) is 1.83. The van der Waals surface area contributed by atoms with Crippen LogP contribution in [0.15, 0.2) is 53.2 Å². The van der Waals surface area contributed by atoms with Gasteiger partial charge in [-0.1, -0.05) is 35.5 Å². The summed E-state index contributed by atoms with van der Waals surface area (Å²) in [5.74, 6) is 0.191. The third kappa shape index (κ3) is 2.76. The SMILES string of the molecule is Cc1nn(C)c2ncc(NC(=O)c3cc(-c4ccccc4)on3)cc12. The highest BCUT2D eigenvalue weighted by Gasteiger charge is 2.15. The Balaban J connectivity index is 1.58. The lowest BCUT2D eigenvalue weighted by atomic mass is 10.1. The third-order valence-corrected chi connectivity index (χ3v) is 3.92. The van der Waals surface area contributed by atoms with Gasteiger partial charge in [-0.05, 0) is 13.0 Å². The average molecular weight is 333 g/mol. The molecule has 7 nitrogen and oxygen atoms in total. The van der Waals surface area contributed by atoms with Crippen molar-refractivity contribution in [1.29, 1.82) is 0 Å². The molecular weight excluding hydrogens is 318 g/mol. The number of benzene rings is 1. The quantitative estimate of drug-likeness (QED) is 0.622. The molecule has 0 aliphatic rings. The van der Waals surface area contributed by atoms with Crippen LogP contribution in [0.4, 0.5) is 5.69 Å². The van der Waals surface area contributed by atoms with Crippen LogP contribution >= 0.6 is 0 Å². The minimum atomic E-state index is -0.353. The summed E-state index contributed by atoms with van der Waals surface area (Å²) in [6.45, 7) is 1.90. The van der Waals surface area contributed by atoms with Crippen molar-refractivity contribution in [2.24, 2.45) is 7.05 Å². The summed E-state index contributed by atoms with van der Waals surface area (Å²) in [5.41, 5.74) is 3.28. The first-order valence-corrected chi connectivity index (χ1v) is 7.74. The first-order valence-electron chi connectivity index (χ1n) is 7.74. The maximum Gasteiger partial charge on any atom is 0.277 e. The number of rotatable bonds is 3. The zero-order chi connectivity index (χ0) is 17.4. The summed E-state index contributed by atoms with van der Waals surface area (Å²) >= 11 is 0. The summed E-state index contributed by atoms with van der Waals surface area (Å²) in [4.78, 5) is 16.7. The number of aromatic nitrogens is 4. The molecule has 25 heavy (non-hydrogen) atoms. The van der Waals surface area contributed by atoms with E-state index in [4.69, 9.17) is 4.52 Å². The Bertz CT molecular complexity index is 1070. The normalized spacial score (nSPS) is 11.0. The Morgan fingerprint density at radius 3 is 2.80 bits per heavy atom. The summed E-state index contributed by atoms with van der Waals surface area (Å²) in [5, 5.41) is 11.9. The zero-order valence-corrected chi connectivity index (χ0v) is 13.7. The third-order valence-electron chi connectivity index (χ3n) is 3.92. The number of anilines is 1. The van der Waals surface area contributed by atoms with Crippen LogP contribution in [-0.4, -0.2) is 25.8 Å². The summed E-state index contributed by atoms with van der Waals surface area (Å²) < 4.78 is 6.97. The number of hydrogen-bond acceptors (Lipinski definition) is 5. The predicted molar refractivity (Wildman–Crippen MR) is 93.1 cm³/mol.